The molecule has 1 aromatic heterocycles. The average molecular weight is 165 g/mol. The van der Waals surface area contributed by atoms with E-state index in [0.717, 1.165) is 18.2 Å². The van der Waals surface area contributed by atoms with E-state index in [1.54, 1.807) is 6.20 Å². The molecule has 1 heterocycles. The molecule has 0 aliphatic rings. The van der Waals surface area contributed by atoms with Gasteiger partial charge in [-0.15, -0.1) is 0 Å². The first-order valence-corrected chi connectivity index (χ1v) is 4.36. The zero-order valence-electron chi connectivity index (χ0n) is 7.67. The number of nitrogens with zero attached hydrogens (tertiary/aromatic N) is 2. The molecule has 0 aliphatic carbocycles. The van der Waals surface area contributed by atoms with Crippen LogP contribution in [0.5, 0.6) is 0 Å². The minimum absolute atomic E-state index is 0.816. The quantitative estimate of drug-likeness (QED) is 0.693. The molecule has 3 heteroatoms. The molecule has 1 N–H and O–H groups in total. The monoisotopic (exact) mass is 165 g/mol. The van der Waals surface area contributed by atoms with Gasteiger partial charge in [-0.2, -0.15) is 0 Å². The van der Waals surface area contributed by atoms with Gasteiger partial charge in [0.1, 0.15) is 11.6 Å². The lowest BCUT2D eigenvalue weighted by atomic mass is 10.3. The Morgan fingerprint density at radius 1 is 1.50 bits per heavy atom. The molecule has 0 radical (unpaired) electrons. The smallest absolute Gasteiger partial charge is 0.129 e. The standard InChI is InChI=1S/C9H15N3/c1-3-4-6-11-9-5-7-10-8(2)12-9/h5,7H,3-4,6H2,1-2H3,(H,10,11,12). The fourth-order valence-corrected chi connectivity index (χ4v) is 0.948. The third-order valence-electron chi connectivity index (χ3n) is 1.61. The van der Waals surface area contributed by atoms with Crippen molar-refractivity contribution in [2.24, 2.45) is 0 Å². The minimum atomic E-state index is 0.816. The Morgan fingerprint density at radius 3 is 3.00 bits per heavy atom. The van der Waals surface area contributed by atoms with Crippen molar-refractivity contribution in [3.05, 3.63) is 18.1 Å². The number of anilines is 1. The van der Waals surface area contributed by atoms with E-state index in [1.807, 2.05) is 13.0 Å². The largest absolute Gasteiger partial charge is 0.370 e. The number of hydrogen-bond acceptors (Lipinski definition) is 3. The Kier molecular flexibility index (Phi) is 3.51. The van der Waals surface area contributed by atoms with Crippen molar-refractivity contribution in [2.75, 3.05) is 11.9 Å². The molecule has 1 rings (SSSR count). The normalized spacial score (nSPS) is 9.83. The third-order valence-corrected chi connectivity index (χ3v) is 1.61. The molecule has 12 heavy (non-hydrogen) atoms. The lowest BCUT2D eigenvalue weighted by Crippen LogP contribution is -2.03. The summed E-state index contributed by atoms with van der Waals surface area (Å²) in [6, 6.07) is 1.89. The second kappa shape index (κ2) is 4.70. The molecule has 0 bridgehead atoms. The summed E-state index contributed by atoms with van der Waals surface area (Å²) in [5.74, 6) is 1.74. The molecule has 0 saturated heterocycles. The number of aryl methyl sites for hydroxylation is 1. The number of hydrogen-bond donors (Lipinski definition) is 1. The van der Waals surface area contributed by atoms with Crippen LogP contribution >= 0.6 is 0 Å². The van der Waals surface area contributed by atoms with Crippen LogP contribution in [0.15, 0.2) is 12.3 Å². The van der Waals surface area contributed by atoms with Crippen LogP contribution in [0.3, 0.4) is 0 Å². The van der Waals surface area contributed by atoms with Gasteiger partial charge < -0.3 is 5.32 Å². The zero-order chi connectivity index (χ0) is 8.81. The highest BCUT2D eigenvalue weighted by Crippen LogP contribution is 2.01. The Hall–Kier alpha value is -1.12. The van der Waals surface area contributed by atoms with E-state index < -0.39 is 0 Å². The summed E-state index contributed by atoms with van der Waals surface area (Å²) in [7, 11) is 0. The highest BCUT2D eigenvalue weighted by molar-refractivity contribution is 5.32. The van der Waals surface area contributed by atoms with Crippen LogP contribution in [0.25, 0.3) is 0 Å². The van der Waals surface area contributed by atoms with Crippen LogP contribution in [0.4, 0.5) is 5.82 Å². The van der Waals surface area contributed by atoms with Crippen LogP contribution in [0, 0.1) is 6.92 Å². The first kappa shape index (κ1) is 8.97. The van der Waals surface area contributed by atoms with Crippen LogP contribution in [0.1, 0.15) is 25.6 Å². The summed E-state index contributed by atoms with van der Waals surface area (Å²) >= 11 is 0. The van der Waals surface area contributed by atoms with E-state index in [2.05, 4.69) is 22.2 Å². The molecule has 0 fully saturated rings. The van der Waals surface area contributed by atoms with Gasteiger partial charge in [0.25, 0.3) is 0 Å². The maximum Gasteiger partial charge on any atom is 0.129 e. The first-order valence-electron chi connectivity index (χ1n) is 4.36. The second-order valence-electron chi connectivity index (χ2n) is 2.77. The van der Waals surface area contributed by atoms with E-state index in [-0.39, 0.29) is 0 Å². The fourth-order valence-electron chi connectivity index (χ4n) is 0.948. The van der Waals surface area contributed by atoms with Gasteiger partial charge in [0.2, 0.25) is 0 Å². The Labute approximate surface area is 73.2 Å². The maximum absolute atomic E-state index is 4.22. The van der Waals surface area contributed by atoms with E-state index in [1.165, 1.54) is 12.8 Å². The summed E-state index contributed by atoms with van der Waals surface area (Å²) in [5.41, 5.74) is 0. The van der Waals surface area contributed by atoms with E-state index in [4.69, 9.17) is 0 Å². The second-order valence-corrected chi connectivity index (χ2v) is 2.77. The summed E-state index contributed by atoms with van der Waals surface area (Å²) in [4.78, 5) is 8.24. The SMILES string of the molecule is CCCCNc1ccnc(C)n1. The molecule has 66 valence electrons. The van der Waals surface area contributed by atoms with Crippen LogP contribution in [-0.2, 0) is 0 Å². The van der Waals surface area contributed by atoms with Crippen LogP contribution in [0.2, 0.25) is 0 Å². The highest BCUT2D eigenvalue weighted by atomic mass is 15.0. The van der Waals surface area contributed by atoms with Gasteiger partial charge in [0, 0.05) is 12.7 Å². The predicted octanol–water partition coefficient (Wildman–Crippen LogP) is 2.00. The molecule has 0 atom stereocenters. The number of aromatic nitrogens is 2. The van der Waals surface area contributed by atoms with Crippen molar-refractivity contribution in [3.8, 4) is 0 Å². The van der Waals surface area contributed by atoms with E-state index in [0.29, 0.717) is 0 Å². The summed E-state index contributed by atoms with van der Waals surface area (Å²) in [5, 5.41) is 3.24. The molecule has 0 aromatic carbocycles. The molecule has 0 aliphatic heterocycles. The molecule has 0 amide bonds. The molecular weight excluding hydrogens is 150 g/mol. The lowest BCUT2D eigenvalue weighted by molar-refractivity contribution is 0.829. The van der Waals surface area contributed by atoms with Crippen molar-refractivity contribution < 1.29 is 0 Å². The lowest BCUT2D eigenvalue weighted by Gasteiger charge is -2.03. The molecule has 0 saturated carbocycles. The highest BCUT2D eigenvalue weighted by Gasteiger charge is 1.92. The van der Waals surface area contributed by atoms with Crippen molar-refractivity contribution in [1.82, 2.24) is 9.97 Å². The molecule has 0 spiro atoms. The zero-order valence-corrected chi connectivity index (χ0v) is 7.67. The molecule has 3 nitrogen and oxygen atoms in total. The van der Waals surface area contributed by atoms with Gasteiger partial charge in [0.15, 0.2) is 0 Å². The minimum Gasteiger partial charge on any atom is -0.370 e. The Balaban J connectivity index is 2.41. The first-order chi connectivity index (χ1) is 5.83. The van der Waals surface area contributed by atoms with Gasteiger partial charge in [0.05, 0.1) is 0 Å². The summed E-state index contributed by atoms with van der Waals surface area (Å²) < 4.78 is 0. The number of rotatable bonds is 4. The van der Waals surface area contributed by atoms with E-state index in [9.17, 15) is 0 Å². The summed E-state index contributed by atoms with van der Waals surface area (Å²) in [6.07, 6.45) is 4.16. The average Bonchev–Trinajstić information content (AvgIpc) is 2.05. The number of unbranched alkanes of at least 4 members (excludes halogenated alkanes) is 1. The predicted molar refractivity (Wildman–Crippen MR) is 50.2 cm³/mol. The maximum atomic E-state index is 4.22. The van der Waals surface area contributed by atoms with Crippen LogP contribution in [-0.4, -0.2) is 16.5 Å². The van der Waals surface area contributed by atoms with Crippen molar-refractivity contribution in [3.63, 3.8) is 0 Å². The molecular formula is C9H15N3. The number of nitrogens with one attached hydrogen (secondary N) is 1. The Morgan fingerprint density at radius 2 is 2.33 bits per heavy atom. The van der Waals surface area contributed by atoms with Gasteiger partial charge in [-0.1, -0.05) is 13.3 Å². The van der Waals surface area contributed by atoms with Gasteiger partial charge in [-0.3, -0.25) is 0 Å². The molecule has 1 aromatic rings. The Bertz CT molecular complexity index is 235. The third kappa shape index (κ3) is 2.86. The summed E-state index contributed by atoms with van der Waals surface area (Å²) in [6.45, 7) is 5.06. The van der Waals surface area contributed by atoms with E-state index >= 15 is 0 Å². The molecule has 0 unspecified atom stereocenters. The topological polar surface area (TPSA) is 37.8 Å². The van der Waals surface area contributed by atoms with Gasteiger partial charge in [-0.05, 0) is 19.4 Å². The van der Waals surface area contributed by atoms with Crippen LogP contribution < -0.4 is 5.32 Å². The van der Waals surface area contributed by atoms with Gasteiger partial charge >= 0.3 is 0 Å². The van der Waals surface area contributed by atoms with Crippen molar-refractivity contribution in [2.45, 2.75) is 26.7 Å². The van der Waals surface area contributed by atoms with Gasteiger partial charge in [-0.25, -0.2) is 9.97 Å². The fraction of sp³-hybridized carbons (Fsp3) is 0.556. The van der Waals surface area contributed by atoms with Crippen molar-refractivity contribution >= 4 is 5.82 Å². The van der Waals surface area contributed by atoms with Crippen molar-refractivity contribution in [1.29, 1.82) is 0 Å².